The van der Waals surface area contributed by atoms with E-state index in [1.54, 1.807) is 55.1 Å². The highest BCUT2D eigenvalue weighted by Gasteiger charge is 2.26. The second kappa shape index (κ2) is 14.5. The first-order chi connectivity index (χ1) is 22.8. The van der Waals surface area contributed by atoms with Crippen LogP contribution in [-0.2, 0) is 11.3 Å². The predicted molar refractivity (Wildman–Crippen MR) is 173 cm³/mol. The summed E-state index contributed by atoms with van der Waals surface area (Å²) in [5.74, 6) is -0.622. The third kappa shape index (κ3) is 7.20. The van der Waals surface area contributed by atoms with Crippen LogP contribution in [0.4, 0.5) is 10.2 Å². The molecule has 0 atom stereocenters. The third-order valence-electron chi connectivity index (χ3n) is 8.10. The SMILES string of the molecule is COc1ccc(-c2cnc(N3CCC(NCc4ccc(/C=C(\C)C(=O)NO)nc4)CC3)c(C#N)c2-c2ccc(C#N)c(F)c2)cc1O. The number of carbonyl (C=O) groups is 1. The minimum Gasteiger partial charge on any atom is -0.504 e. The molecule has 12 heteroatoms. The molecular formula is C35H32FN7O4. The molecule has 1 aliphatic rings. The van der Waals surface area contributed by atoms with Gasteiger partial charge in [-0.25, -0.2) is 14.9 Å². The number of hydrogen-bond donors (Lipinski definition) is 4. The van der Waals surface area contributed by atoms with Crippen LogP contribution < -0.4 is 20.4 Å². The van der Waals surface area contributed by atoms with Gasteiger partial charge in [0, 0.05) is 54.8 Å². The lowest BCUT2D eigenvalue weighted by molar-refractivity contribution is -0.125. The van der Waals surface area contributed by atoms with E-state index in [0.717, 1.165) is 18.4 Å². The molecule has 5 rings (SSSR count). The van der Waals surface area contributed by atoms with Crippen molar-refractivity contribution in [2.24, 2.45) is 0 Å². The average molecular weight is 634 g/mol. The van der Waals surface area contributed by atoms with Crippen LogP contribution in [0.1, 0.15) is 42.1 Å². The van der Waals surface area contributed by atoms with Gasteiger partial charge in [0.1, 0.15) is 29.3 Å². The van der Waals surface area contributed by atoms with E-state index in [4.69, 9.17) is 14.9 Å². The van der Waals surface area contributed by atoms with Gasteiger partial charge >= 0.3 is 0 Å². The number of nitriles is 2. The second-order valence-corrected chi connectivity index (χ2v) is 11.1. The van der Waals surface area contributed by atoms with Gasteiger partial charge in [0.05, 0.1) is 18.4 Å². The van der Waals surface area contributed by atoms with Crippen LogP contribution in [-0.4, -0.2) is 52.4 Å². The number of pyridine rings is 2. The molecular weight excluding hydrogens is 601 g/mol. The van der Waals surface area contributed by atoms with Gasteiger partial charge in [-0.3, -0.25) is 15.0 Å². The molecule has 3 heterocycles. The Morgan fingerprint density at radius 2 is 1.85 bits per heavy atom. The van der Waals surface area contributed by atoms with E-state index in [-0.39, 0.29) is 28.7 Å². The number of anilines is 1. The Labute approximate surface area is 271 Å². The number of aromatic nitrogens is 2. The number of methoxy groups -OCH3 is 1. The van der Waals surface area contributed by atoms with E-state index < -0.39 is 11.7 Å². The van der Waals surface area contributed by atoms with Crippen molar-refractivity contribution >= 4 is 17.8 Å². The van der Waals surface area contributed by atoms with E-state index in [2.05, 4.69) is 16.4 Å². The number of amides is 1. The summed E-state index contributed by atoms with van der Waals surface area (Å²) in [6.07, 6.45) is 6.50. The molecule has 1 amide bonds. The fourth-order valence-electron chi connectivity index (χ4n) is 5.54. The number of hydroxylamine groups is 1. The number of benzene rings is 2. The number of ether oxygens (including phenoxy) is 1. The maximum Gasteiger partial charge on any atom is 0.270 e. The van der Waals surface area contributed by atoms with Gasteiger partial charge in [-0.1, -0.05) is 18.2 Å². The van der Waals surface area contributed by atoms with Crippen molar-refractivity contribution in [3.8, 4) is 45.9 Å². The fraction of sp³-hybridized carbons (Fsp3) is 0.229. The smallest absolute Gasteiger partial charge is 0.270 e. The van der Waals surface area contributed by atoms with Gasteiger partial charge in [0.2, 0.25) is 0 Å². The Morgan fingerprint density at radius 3 is 2.47 bits per heavy atom. The molecule has 1 aliphatic heterocycles. The standard InChI is InChI=1S/C35H32FN7O4/c1-21(35(45)42-46)13-27-7-3-22(19-40-27)18-39-26-9-11-43(12-10-26)34-28(17-38)33(24-4-5-25(16-37)30(36)14-24)29(20-41-34)23-6-8-32(47-2)31(44)15-23/h3-8,13-15,19-20,26,39,44,46H,9-12,18H2,1-2H3,(H,42,45)/b21-13+. The van der Waals surface area contributed by atoms with E-state index in [1.807, 2.05) is 17.0 Å². The van der Waals surface area contributed by atoms with Crippen LogP contribution in [0.25, 0.3) is 28.3 Å². The average Bonchev–Trinajstić information content (AvgIpc) is 3.10. The number of piperidine rings is 1. The van der Waals surface area contributed by atoms with Crippen LogP contribution in [0.2, 0.25) is 0 Å². The molecule has 1 fully saturated rings. The summed E-state index contributed by atoms with van der Waals surface area (Å²) >= 11 is 0. The Bertz CT molecular complexity index is 1910. The second-order valence-electron chi connectivity index (χ2n) is 11.1. The van der Waals surface area contributed by atoms with Crippen LogP contribution in [0.5, 0.6) is 11.5 Å². The van der Waals surface area contributed by atoms with Crippen molar-refractivity contribution in [3.05, 3.63) is 94.7 Å². The normalized spacial score (nSPS) is 13.5. The highest BCUT2D eigenvalue weighted by Crippen LogP contribution is 2.41. The molecule has 0 radical (unpaired) electrons. The van der Waals surface area contributed by atoms with Gasteiger partial charge in [-0.2, -0.15) is 10.5 Å². The topological polar surface area (TPSA) is 167 Å². The maximum atomic E-state index is 14.9. The van der Waals surface area contributed by atoms with Crippen LogP contribution in [0.15, 0.2) is 66.5 Å². The zero-order chi connectivity index (χ0) is 33.5. The summed E-state index contributed by atoms with van der Waals surface area (Å²) in [4.78, 5) is 22.6. The molecule has 2 aromatic carbocycles. The van der Waals surface area contributed by atoms with Crippen LogP contribution in [0.3, 0.4) is 0 Å². The van der Waals surface area contributed by atoms with Crippen molar-refractivity contribution in [1.82, 2.24) is 20.8 Å². The molecule has 0 bridgehead atoms. The molecule has 47 heavy (non-hydrogen) atoms. The number of phenols is 1. The quantitative estimate of drug-likeness (QED) is 0.111. The summed E-state index contributed by atoms with van der Waals surface area (Å²) in [7, 11) is 1.45. The molecule has 0 unspecified atom stereocenters. The molecule has 238 valence electrons. The van der Waals surface area contributed by atoms with Crippen molar-refractivity contribution < 1.29 is 24.2 Å². The third-order valence-corrected chi connectivity index (χ3v) is 8.10. The van der Waals surface area contributed by atoms with Gasteiger partial charge in [-0.05, 0) is 72.9 Å². The first-order valence-corrected chi connectivity index (χ1v) is 14.8. The molecule has 0 aliphatic carbocycles. The number of nitrogens with one attached hydrogen (secondary N) is 2. The van der Waals surface area contributed by atoms with Crippen LogP contribution in [0, 0.1) is 28.5 Å². The Balaban J connectivity index is 1.36. The van der Waals surface area contributed by atoms with Crippen molar-refractivity contribution in [2.45, 2.75) is 32.4 Å². The lowest BCUT2D eigenvalue weighted by Crippen LogP contribution is -2.42. The number of hydrogen-bond acceptors (Lipinski definition) is 10. The van der Waals surface area contributed by atoms with E-state index >= 15 is 0 Å². The van der Waals surface area contributed by atoms with Crippen molar-refractivity contribution in [3.63, 3.8) is 0 Å². The summed E-state index contributed by atoms with van der Waals surface area (Å²) in [6.45, 7) is 3.42. The van der Waals surface area contributed by atoms with Crippen molar-refractivity contribution in [2.75, 3.05) is 25.1 Å². The fourth-order valence-corrected chi connectivity index (χ4v) is 5.54. The molecule has 4 aromatic rings. The zero-order valence-electron chi connectivity index (χ0n) is 25.8. The minimum absolute atomic E-state index is 0.0927. The van der Waals surface area contributed by atoms with Gasteiger partial charge in [0.25, 0.3) is 5.91 Å². The summed E-state index contributed by atoms with van der Waals surface area (Å²) < 4.78 is 20.0. The number of rotatable bonds is 9. The lowest BCUT2D eigenvalue weighted by Gasteiger charge is -2.34. The zero-order valence-corrected chi connectivity index (χ0v) is 25.8. The summed E-state index contributed by atoms with van der Waals surface area (Å²) in [5, 5.41) is 42.5. The maximum absolute atomic E-state index is 14.9. The minimum atomic E-state index is -0.701. The van der Waals surface area contributed by atoms with Gasteiger partial charge in [0.15, 0.2) is 11.5 Å². The molecule has 1 saturated heterocycles. The number of phenolic OH excluding ortho intramolecular Hbond substituents is 1. The largest absolute Gasteiger partial charge is 0.504 e. The number of halogens is 1. The van der Waals surface area contributed by atoms with E-state index in [9.17, 15) is 24.8 Å². The van der Waals surface area contributed by atoms with Gasteiger partial charge in [-0.15, -0.1) is 0 Å². The van der Waals surface area contributed by atoms with Crippen molar-refractivity contribution in [1.29, 1.82) is 10.5 Å². The first-order valence-electron chi connectivity index (χ1n) is 14.8. The highest BCUT2D eigenvalue weighted by molar-refractivity contribution is 5.96. The molecule has 0 spiro atoms. The summed E-state index contributed by atoms with van der Waals surface area (Å²) in [5.41, 5.74) is 5.60. The predicted octanol–water partition coefficient (Wildman–Crippen LogP) is 5.07. The Hall–Kier alpha value is -5.82. The summed E-state index contributed by atoms with van der Waals surface area (Å²) in [6, 6.07) is 17.1. The highest BCUT2D eigenvalue weighted by atomic mass is 19.1. The first kappa shape index (κ1) is 32.6. The van der Waals surface area contributed by atoms with E-state index in [1.165, 1.54) is 25.3 Å². The number of nitrogens with zero attached hydrogens (tertiary/aromatic N) is 5. The number of carbonyl (C=O) groups excluding carboxylic acids is 1. The molecule has 11 nitrogen and oxygen atoms in total. The lowest BCUT2D eigenvalue weighted by atomic mass is 9.91. The monoisotopic (exact) mass is 633 g/mol. The molecule has 4 N–H and O–H groups in total. The van der Waals surface area contributed by atoms with Gasteiger partial charge < -0.3 is 20.1 Å². The Morgan fingerprint density at radius 1 is 1.09 bits per heavy atom. The molecule has 2 aromatic heterocycles. The van der Waals surface area contributed by atoms with E-state index in [0.29, 0.717) is 59.0 Å². The molecule has 0 saturated carbocycles. The number of aromatic hydroxyl groups is 1. The Kier molecular flexibility index (Phi) is 10.1. The van der Waals surface area contributed by atoms with Crippen LogP contribution >= 0.6 is 0 Å².